The van der Waals surface area contributed by atoms with Gasteiger partial charge >= 0.3 is 11.2 Å². The van der Waals surface area contributed by atoms with Gasteiger partial charge in [0.05, 0.1) is 11.0 Å². The van der Waals surface area contributed by atoms with Gasteiger partial charge in [-0.15, -0.1) is 0 Å². The second kappa shape index (κ2) is 5.81. The largest absolute Gasteiger partial charge is 0.387 e. The predicted molar refractivity (Wildman–Crippen MR) is 83.6 cm³/mol. The maximum atomic E-state index is 11.9. The minimum Gasteiger partial charge on any atom is -0.387 e. The minimum absolute atomic E-state index is 0.00288. The molecule has 3 rings (SSSR count). The molecule has 1 atom stereocenters. The van der Waals surface area contributed by atoms with Gasteiger partial charge < -0.3 is 15.0 Å². The minimum atomic E-state index is -0.797. The summed E-state index contributed by atoms with van der Waals surface area (Å²) in [6.45, 7) is 2.15. The fraction of sp³-hybridized carbons (Fsp3) is 0.333. The van der Waals surface area contributed by atoms with Crippen LogP contribution in [-0.4, -0.2) is 33.1 Å². The second-order valence-corrected chi connectivity index (χ2v) is 5.49. The molecule has 1 unspecified atom stereocenters. The fourth-order valence-corrected chi connectivity index (χ4v) is 2.88. The Hall–Kier alpha value is -2.74. The zero-order valence-corrected chi connectivity index (χ0v) is 12.5. The summed E-state index contributed by atoms with van der Waals surface area (Å²) in [5, 5.41) is 21.7. The summed E-state index contributed by atoms with van der Waals surface area (Å²) in [6.07, 6.45) is -0.188. The topological polar surface area (TPSA) is 112 Å². The van der Waals surface area contributed by atoms with Crippen molar-refractivity contribution in [3.05, 3.63) is 61.7 Å². The monoisotopic (exact) mass is 316 g/mol. The van der Waals surface area contributed by atoms with Gasteiger partial charge in [0.25, 0.3) is 0 Å². The number of aromatic amines is 1. The number of hydrogen-bond acceptors (Lipinski definition) is 6. The van der Waals surface area contributed by atoms with E-state index >= 15 is 0 Å². The molecular formula is C15H16N4O4. The first-order valence-corrected chi connectivity index (χ1v) is 7.23. The van der Waals surface area contributed by atoms with Crippen LogP contribution in [0, 0.1) is 17.0 Å². The molecule has 2 N–H and O–H groups in total. The van der Waals surface area contributed by atoms with E-state index in [0.29, 0.717) is 18.8 Å². The maximum absolute atomic E-state index is 11.9. The number of aromatic nitrogens is 2. The molecule has 1 aliphatic heterocycles. The van der Waals surface area contributed by atoms with E-state index in [9.17, 15) is 20.0 Å². The van der Waals surface area contributed by atoms with Crippen LogP contribution < -0.4 is 10.5 Å². The zero-order valence-electron chi connectivity index (χ0n) is 12.5. The summed E-state index contributed by atoms with van der Waals surface area (Å²) in [5.41, 5.74) is 0.424. The van der Waals surface area contributed by atoms with Crippen LogP contribution in [0.5, 0.6) is 0 Å². The Bertz CT molecular complexity index is 817. The highest BCUT2D eigenvalue weighted by Crippen LogP contribution is 2.29. The molecule has 8 heteroatoms. The molecule has 120 valence electrons. The van der Waals surface area contributed by atoms with E-state index in [0.717, 1.165) is 11.1 Å². The van der Waals surface area contributed by atoms with E-state index in [4.69, 9.17) is 0 Å². The molecule has 2 aromatic rings. The average molecular weight is 316 g/mol. The molecule has 0 saturated carbocycles. The number of aliphatic hydroxyl groups excluding tert-OH is 1. The van der Waals surface area contributed by atoms with Crippen LogP contribution in [-0.2, 0) is 6.42 Å². The van der Waals surface area contributed by atoms with Crippen LogP contribution in [0.4, 0.5) is 11.5 Å². The molecule has 23 heavy (non-hydrogen) atoms. The van der Waals surface area contributed by atoms with E-state index in [1.165, 1.54) is 0 Å². The fourth-order valence-electron chi connectivity index (χ4n) is 2.88. The third-order valence-corrected chi connectivity index (χ3v) is 3.94. The third kappa shape index (κ3) is 2.80. The Balaban J connectivity index is 2.04. The number of fused-ring (bicyclic) bond motifs is 1. The number of β-amino-alcohol motifs (C(OH)–C–C–N with tert-alkyl or cyclic N) is 1. The van der Waals surface area contributed by atoms with E-state index in [1.54, 1.807) is 11.8 Å². The lowest BCUT2D eigenvalue weighted by Gasteiger charge is -2.23. The van der Waals surface area contributed by atoms with E-state index in [-0.39, 0.29) is 12.4 Å². The van der Waals surface area contributed by atoms with Crippen LogP contribution in [0.3, 0.4) is 0 Å². The summed E-state index contributed by atoms with van der Waals surface area (Å²) in [4.78, 5) is 30.5. The van der Waals surface area contributed by atoms with Crippen molar-refractivity contribution in [1.29, 1.82) is 0 Å². The molecule has 0 saturated heterocycles. The van der Waals surface area contributed by atoms with E-state index in [2.05, 4.69) is 9.97 Å². The molecular weight excluding hydrogens is 300 g/mol. The quantitative estimate of drug-likeness (QED) is 0.633. The van der Waals surface area contributed by atoms with Crippen molar-refractivity contribution >= 4 is 11.5 Å². The molecule has 2 heterocycles. The average Bonchev–Trinajstić information content (AvgIpc) is 2.66. The van der Waals surface area contributed by atoms with Crippen LogP contribution in [0.1, 0.15) is 23.1 Å². The van der Waals surface area contributed by atoms with Gasteiger partial charge in [-0.1, -0.05) is 24.3 Å². The lowest BCUT2D eigenvalue weighted by atomic mass is 10.0. The molecule has 1 aromatic heterocycles. The number of aryl methyl sites for hydroxylation is 1. The number of rotatable bonds is 2. The van der Waals surface area contributed by atoms with Crippen molar-refractivity contribution in [2.24, 2.45) is 0 Å². The van der Waals surface area contributed by atoms with Gasteiger partial charge in [-0.05, 0) is 24.5 Å². The summed E-state index contributed by atoms with van der Waals surface area (Å²) in [5.74, 6) is 0.301. The van der Waals surface area contributed by atoms with Gasteiger partial charge in [0, 0.05) is 13.1 Å². The van der Waals surface area contributed by atoms with Crippen molar-refractivity contribution in [3.8, 4) is 0 Å². The van der Waals surface area contributed by atoms with Crippen molar-refractivity contribution in [3.63, 3.8) is 0 Å². The number of hydrogen-bond donors (Lipinski definition) is 2. The maximum Gasteiger partial charge on any atom is 0.375 e. The molecule has 0 radical (unpaired) electrons. The molecule has 0 fully saturated rings. The van der Waals surface area contributed by atoms with Gasteiger partial charge in [-0.2, -0.15) is 0 Å². The van der Waals surface area contributed by atoms with Crippen molar-refractivity contribution in [2.75, 3.05) is 18.0 Å². The number of nitrogens with zero attached hydrogens (tertiary/aromatic N) is 3. The van der Waals surface area contributed by atoms with Crippen LogP contribution in [0.2, 0.25) is 0 Å². The molecule has 0 bridgehead atoms. The Morgan fingerprint density at radius 3 is 2.91 bits per heavy atom. The van der Waals surface area contributed by atoms with Crippen molar-refractivity contribution in [2.45, 2.75) is 19.4 Å². The van der Waals surface area contributed by atoms with Crippen LogP contribution in [0.15, 0.2) is 29.1 Å². The van der Waals surface area contributed by atoms with Gasteiger partial charge in [-0.25, -0.2) is 4.98 Å². The van der Waals surface area contributed by atoms with Crippen LogP contribution >= 0.6 is 0 Å². The Morgan fingerprint density at radius 2 is 2.17 bits per heavy atom. The summed E-state index contributed by atoms with van der Waals surface area (Å²) in [6, 6.07) is 7.50. The number of nitro groups is 1. The predicted octanol–water partition coefficient (Wildman–Crippen LogP) is 1.08. The molecule has 8 nitrogen and oxygen atoms in total. The smallest absolute Gasteiger partial charge is 0.375 e. The van der Waals surface area contributed by atoms with Gasteiger partial charge in [0.15, 0.2) is 0 Å². The first-order valence-electron chi connectivity index (χ1n) is 7.23. The highest BCUT2D eigenvalue weighted by atomic mass is 16.6. The normalized spacial score (nSPS) is 17.5. The molecule has 0 spiro atoms. The molecule has 1 aliphatic rings. The lowest BCUT2D eigenvalue weighted by Crippen LogP contribution is -2.32. The second-order valence-electron chi connectivity index (χ2n) is 5.49. The zero-order chi connectivity index (χ0) is 16.6. The number of nitrogens with one attached hydrogen (secondary N) is 1. The highest BCUT2D eigenvalue weighted by Gasteiger charge is 2.30. The van der Waals surface area contributed by atoms with E-state index in [1.807, 2.05) is 24.3 Å². The summed E-state index contributed by atoms with van der Waals surface area (Å²) in [7, 11) is 0. The van der Waals surface area contributed by atoms with Crippen LogP contribution in [0.25, 0.3) is 0 Å². The van der Waals surface area contributed by atoms with Gasteiger partial charge in [0.1, 0.15) is 5.82 Å². The van der Waals surface area contributed by atoms with Crippen molar-refractivity contribution < 1.29 is 10.0 Å². The number of benzene rings is 1. The number of H-pyrrole nitrogens is 1. The molecule has 0 amide bonds. The standard InChI is InChI=1S/C15H16N4O4/c1-9-16-14(13(19(22)23)15(21)17-9)18-7-6-10-4-2-3-5-11(10)12(20)8-18/h2-5,12,20H,6-8H2,1H3,(H,16,17,21). The van der Waals surface area contributed by atoms with E-state index < -0.39 is 22.3 Å². The van der Waals surface area contributed by atoms with Gasteiger partial charge in [0.2, 0.25) is 5.82 Å². The third-order valence-electron chi connectivity index (χ3n) is 3.94. The Morgan fingerprint density at radius 1 is 1.43 bits per heavy atom. The molecule has 1 aromatic carbocycles. The first kappa shape index (κ1) is 15.2. The summed E-state index contributed by atoms with van der Waals surface area (Å²) >= 11 is 0. The molecule has 0 aliphatic carbocycles. The number of anilines is 1. The number of aliphatic hydroxyl groups is 1. The lowest BCUT2D eigenvalue weighted by molar-refractivity contribution is -0.385. The van der Waals surface area contributed by atoms with Gasteiger partial charge in [-0.3, -0.25) is 14.9 Å². The SMILES string of the molecule is Cc1nc(N2CCc3ccccc3C(O)C2)c([N+](=O)[O-])c(=O)[nH]1. The Kier molecular flexibility index (Phi) is 3.83. The van der Waals surface area contributed by atoms with Crippen molar-refractivity contribution in [1.82, 2.24) is 9.97 Å². The first-order chi connectivity index (χ1) is 11.0. The Labute approximate surface area is 131 Å². The highest BCUT2D eigenvalue weighted by molar-refractivity contribution is 5.57. The summed E-state index contributed by atoms with van der Waals surface area (Å²) < 4.78 is 0.